The number of aliphatic imine (C=N–C) groups is 1. The van der Waals surface area contributed by atoms with Crippen LogP contribution in [0.4, 0.5) is 0 Å². The number of rotatable bonds is 5. The highest BCUT2D eigenvalue weighted by atomic mass is 32.2. The standard InChI is InChI=1S/C12H18N2O3S/c1-3-4-9-13-12(15)14-18(16,17)11-7-5-10(2)6-8-11/h5-8H,3-4,9H2,1-2H3,(H2,13,14,15)/p-1. The van der Waals surface area contributed by atoms with Crippen molar-refractivity contribution in [2.75, 3.05) is 6.54 Å². The number of unbranched alkanes of at least 4 members (excludes halogenated alkanes) is 1. The zero-order chi connectivity index (χ0) is 13.6. The Morgan fingerprint density at radius 3 is 2.50 bits per heavy atom. The van der Waals surface area contributed by atoms with Crippen molar-refractivity contribution in [2.45, 2.75) is 31.6 Å². The summed E-state index contributed by atoms with van der Waals surface area (Å²) in [5, 5.41) is 11.3. The van der Waals surface area contributed by atoms with Gasteiger partial charge in [-0.1, -0.05) is 31.0 Å². The van der Waals surface area contributed by atoms with Gasteiger partial charge >= 0.3 is 0 Å². The van der Waals surface area contributed by atoms with E-state index in [2.05, 4.69) is 4.99 Å². The van der Waals surface area contributed by atoms with E-state index in [-0.39, 0.29) is 4.90 Å². The Morgan fingerprint density at radius 2 is 1.94 bits per heavy atom. The van der Waals surface area contributed by atoms with Crippen LogP contribution in [-0.4, -0.2) is 21.0 Å². The van der Waals surface area contributed by atoms with Gasteiger partial charge in [0.15, 0.2) is 0 Å². The Kier molecular flexibility index (Phi) is 5.15. The lowest BCUT2D eigenvalue weighted by Crippen LogP contribution is -2.39. The molecule has 0 aliphatic rings. The van der Waals surface area contributed by atoms with Crippen molar-refractivity contribution in [1.29, 1.82) is 0 Å². The summed E-state index contributed by atoms with van der Waals surface area (Å²) in [5.41, 5.74) is 0.952. The summed E-state index contributed by atoms with van der Waals surface area (Å²) in [6.07, 6.45) is 1.67. The SMILES string of the molecule is CCCCN=C([O-])NS(=O)(=O)c1ccc(C)cc1. The summed E-state index contributed by atoms with van der Waals surface area (Å²) in [6.45, 7) is 4.16. The second-order valence-corrected chi connectivity index (χ2v) is 5.64. The topological polar surface area (TPSA) is 81.6 Å². The Morgan fingerprint density at radius 1 is 1.33 bits per heavy atom. The Bertz CT molecular complexity index is 507. The van der Waals surface area contributed by atoms with E-state index in [9.17, 15) is 13.5 Å². The van der Waals surface area contributed by atoms with Crippen LogP contribution >= 0.6 is 0 Å². The Hall–Kier alpha value is -1.56. The van der Waals surface area contributed by atoms with Crippen molar-refractivity contribution in [3.05, 3.63) is 29.8 Å². The first kappa shape index (κ1) is 14.5. The van der Waals surface area contributed by atoms with Gasteiger partial charge in [0.1, 0.15) is 0 Å². The highest BCUT2D eigenvalue weighted by Gasteiger charge is 2.12. The quantitative estimate of drug-likeness (QED) is 0.487. The van der Waals surface area contributed by atoms with Crippen molar-refractivity contribution in [3.8, 4) is 0 Å². The van der Waals surface area contributed by atoms with Gasteiger partial charge in [-0.2, -0.15) is 0 Å². The van der Waals surface area contributed by atoms with E-state index >= 15 is 0 Å². The van der Waals surface area contributed by atoms with Crippen molar-refractivity contribution >= 4 is 16.0 Å². The van der Waals surface area contributed by atoms with E-state index < -0.39 is 16.0 Å². The summed E-state index contributed by atoms with van der Waals surface area (Å²) in [7, 11) is -3.81. The first-order valence-electron chi connectivity index (χ1n) is 5.76. The molecule has 5 nitrogen and oxygen atoms in total. The van der Waals surface area contributed by atoms with Crippen LogP contribution in [-0.2, 0) is 10.0 Å². The molecule has 0 atom stereocenters. The molecule has 0 saturated heterocycles. The molecule has 18 heavy (non-hydrogen) atoms. The maximum atomic E-state index is 11.8. The zero-order valence-corrected chi connectivity index (χ0v) is 11.3. The lowest BCUT2D eigenvalue weighted by atomic mass is 10.2. The van der Waals surface area contributed by atoms with Gasteiger partial charge in [0, 0.05) is 6.54 Å². The lowest BCUT2D eigenvalue weighted by Gasteiger charge is -2.14. The van der Waals surface area contributed by atoms with Gasteiger partial charge in [-0.3, -0.25) is 9.71 Å². The highest BCUT2D eigenvalue weighted by molar-refractivity contribution is 7.90. The fourth-order valence-corrected chi connectivity index (χ4v) is 2.17. The van der Waals surface area contributed by atoms with Crippen LogP contribution in [0.2, 0.25) is 0 Å². The smallest absolute Gasteiger partial charge is 0.262 e. The van der Waals surface area contributed by atoms with Gasteiger partial charge in [0.2, 0.25) is 0 Å². The van der Waals surface area contributed by atoms with E-state index in [1.54, 1.807) is 12.1 Å². The van der Waals surface area contributed by atoms with Gasteiger partial charge in [0.25, 0.3) is 10.0 Å². The van der Waals surface area contributed by atoms with Gasteiger partial charge in [0.05, 0.1) is 10.9 Å². The van der Waals surface area contributed by atoms with Crippen molar-refractivity contribution in [3.63, 3.8) is 0 Å². The number of nitrogens with one attached hydrogen (secondary N) is 1. The molecule has 1 N–H and O–H groups in total. The van der Waals surface area contributed by atoms with Crippen molar-refractivity contribution in [2.24, 2.45) is 4.99 Å². The molecule has 1 aromatic rings. The third kappa shape index (κ3) is 4.37. The molecule has 0 radical (unpaired) electrons. The average molecular weight is 269 g/mol. The van der Waals surface area contributed by atoms with Gasteiger partial charge in [-0.15, -0.1) is 0 Å². The summed E-state index contributed by atoms with van der Waals surface area (Å²) < 4.78 is 25.5. The molecule has 0 aromatic heterocycles. The molecule has 0 aliphatic carbocycles. The summed E-state index contributed by atoms with van der Waals surface area (Å²) in [4.78, 5) is 3.68. The fourth-order valence-electron chi connectivity index (χ4n) is 1.26. The predicted octanol–water partition coefficient (Wildman–Crippen LogP) is 0.790. The van der Waals surface area contributed by atoms with Crippen LogP contribution < -0.4 is 9.83 Å². The van der Waals surface area contributed by atoms with E-state index in [4.69, 9.17) is 0 Å². The molecule has 0 saturated carbocycles. The normalized spacial score (nSPS) is 12.4. The lowest BCUT2D eigenvalue weighted by molar-refractivity contribution is -0.219. The minimum atomic E-state index is -3.81. The highest BCUT2D eigenvalue weighted by Crippen LogP contribution is 2.09. The maximum Gasteiger partial charge on any atom is 0.262 e. The largest absolute Gasteiger partial charge is 0.846 e. The van der Waals surface area contributed by atoms with Crippen molar-refractivity contribution in [1.82, 2.24) is 4.72 Å². The number of aryl methyl sites for hydroxylation is 1. The second kappa shape index (κ2) is 6.39. The fraction of sp³-hybridized carbons (Fsp3) is 0.417. The minimum Gasteiger partial charge on any atom is -0.846 e. The molecule has 0 bridgehead atoms. The zero-order valence-electron chi connectivity index (χ0n) is 10.5. The van der Waals surface area contributed by atoms with Gasteiger partial charge in [-0.05, 0) is 25.5 Å². The molecule has 100 valence electrons. The number of sulfonamides is 1. The Balaban J connectivity index is 2.76. The van der Waals surface area contributed by atoms with E-state index in [0.717, 1.165) is 18.4 Å². The maximum absolute atomic E-state index is 11.8. The monoisotopic (exact) mass is 269 g/mol. The van der Waals surface area contributed by atoms with Gasteiger partial charge < -0.3 is 5.11 Å². The molecular formula is C12H17N2O3S-. The molecule has 0 aliphatic heterocycles. The first-order chi connectivity index (χ1) is 8.45. The number of nitrogens with zero attached hydrogens (tertiary/aromatic N) is 1. The van der Waals surface area contributed by atoms with Crippen LogP contribution in [0.1, 0.15) is 25.3 Å². The van der Waals surface area contributed by atoms with Crippen LogP contribution in [0.5, 0.6) is 0 Å². The first-order valence-corrected chi connectivity index (χ1v) is 7.25. The average Bonchev–Trinajstić information content (AvgIpc) is 2.29. The predicted molar refractivity (Wildman–Crippen MR) is 68.7 cm³/mol. The van der Waals surface area contributed by atoms with E-state index in [1.165, 1.54) is 12.1 Å². The second-order valence-electron chi connectivity index (χ2n) is 3.96. The molecule has 1 rings (SSSR count). The number of benzene rings is 1. The van der Waals surface area contributed by atoms with Crippen molar-refractivity contribution < 1.29 is 13.5 Å². The molecular weight excluding hydrogens is 252 g/mol. The summed E-state index contributed by atoms with van der Waals surface area (Å²) in [5.74, 6) is 0. The number of hydrogen-bond donors (Lipinski definition) is 1. The number of hydrogen-bond acceptors (Lipinski definition) is 4. The third-order valence-corrected chi connectivity index (χ3v) is 3.66. The van der Waals surface area contributed by atoms with Gasteiger partial charge in [-0.25, -0.2) is 8.42 Å². The van der Waals surface area contributed by atoms with E-state index in [0.29, 0.717) is 6.54 Å². The Labute approximate surface area is 108 Å². The molecule has 0 fully saturated rings. The molecule has 0 spiro atoms. The molecule has 0 heterocycles. The molecule has 6 heteroatoms. The minimum absolute atomic E-state index is 0.0622. The van der Waals surface area contributed by atoms with Crippen LogP contribution in [0.3, 0.4) is 0 Å². The summed E-state index contributed by atoms with van der Waals surface area (Å²) in [6, 6.07) is 5.44. The molecule has 1 aromatic carbocycles. The van der Waals surface area contributed by atoms with Crippen LogP contribution in [0.15, 0.2) is 34.2 Å². The molecule has 0 unspecified atom stereocenters. The third-order valence-electron chi connectivity index (χ3n) is 2.32. The van der Waals surface area contributed by atoms with E-state index in [1.807, 2.05) is 18.6 Å². The molecule has 0 amide bonds. The number of amidine groups is 1. The van der Waals surface area contributed by atoms with Crippen LogP contribution in [0.25, 0.3) is 0 Å². The summed E-state index contributed by atoms with van der Waals surface area (Å²) >= 11 is 0. The van der Waals surface area contributed by atoms with Crippen LogP contribution in [0, 0.1) is 6.92 Å².